The zero-order chi connectivity index (χ0) is 14.0. The van der Waals surface area contributed by atoms with E-state index in [1.54, 1.807) is 11.9 Å². The Morgan fingerprint density at radius 3 is 2.42 bits per heavy atom. The second-order valence-electron chi connectivity index (χ2n) is 5.97. The van der Waals surface area contributed by atoms with Crippen LogP contribution < -0.4 is 5.32 Å². The molecule has 0 saturated heterocycles. The third-order valence-electron chi connectivity index (χ3n) is 4.63. The van der Waals surface area contributed by atoms with Crippen LogP contribution in [0.5, 0.6) is 0 Å². The van der Waals surface area contributed by atoms with E-state index in [9.17, 15) is 14.7 Å². The van der Waals surface area contributed by atoms with E-state index < -0.39 is 11.9 Å². The normalized spacial score (nSPS) is 28.5. The summed E-state index contributed by atoms with van der Waals surface area (Å²) in [6.07, 6.45) is 5.77. The lowest BCUT2D eigenvalue weighted by Gasteiger charge is -2.32. The lowest BCUT2D eigenvalue weighted by Crippen LogP contribution is -2.51. The van der Waals surface area contributed by atoms with Crippen molar-refractivity contribution in [2.24, 2.45) is 11.8 Å². The lowest BCUT2D eigenvalue weighted by molar-refractivity contribution is -0.143. The molecule has 2 amide bonds. The van der Waals surface area contributed by atoms with Gasteiger partial charge in [0.25, 0.3) is 0 Å². The molecule has 2 aliphatic carbocycles. The molecule has 5 nitrogen and oxygen atoms in total. The third kappa shape index (κ3) is 3.39. The highest BCUT2D eigenvalue weighted by atomic mass is 16.4. The monoisotopic (exact) mass is 268 g/mol. The summed E-state index contributed by atoms with van der Waals surface area (Å²) in [4.78, 5) is 25.1. The van der Waals surface area contributed by atoms with E-state index in [0.29, 0.717) is 12.3 Å². The van der Waals surface area contributed by atoms with E-state index in [4.69, 9.17) is 0 Å². The molecule has 3 atom stereocenters. The van der Waals surface area contributed by atoms with Gasteiger partial charge in [0, 0.05) is 19.1 Å². The fraction of sp³-hybridized carbons (Fsp3) is 0.857. The maximum absolute atomic E-state index is 12.2. The highest BCUT2D eigenvalue weighted by Crippen LogP contribution is 2.34. The zero-order valence-corrected chi connectivity index (χ0v) is 11.8. The van der Waals surface area contributed by atoms with Gasteiger partial charge in [-0.2, -0.15) is 0 Å². The first-order valence-electron chi connectivity index (χ1n) is 7.27. The topological polar surface area (TPSA) is 69.6 Å². The van der Waals surface area contributed by atoms with E-state index in [2.05, 4.69) is 12.2 Å². The number of aliphatic carboxylic acids is 1. The van der Waals surface area contributed by atoms with Crippen LogP contribution in [0.3, 0.4) is 0 Å². The molecular weight excluding hydrogens is 244 g/mol. The predicted octanol–water partition coefficient (Wildman–Crippen LogP) is 2.07. The molecule has 108 valence electrons. The minimum Gasteiger partial charge on any atom is -0.481 e. The number of carboxylic acids is 1. The molecule has 0 heterocycles. The Morgan fingerprint density at radius 2 is 1.84 bits per heavy atom. The van der Waals surface area contributed by atoms with Crippen LogP contribution in [0.2, 0.25) is 0 Å². The summed E-state index contributed by atoms with van der Waals surface area (Å²) in [5.41, 5.74) is 0. The van der Waals surface area contributed by atoms with Gasteiger partial charge < -0.3 is 15.3 Å². The smallest absolute Gasteiger partial charge is 0.317 e. The van der Waals surface area contributed by atoms with Crippen LogP contribution in [0.15, 0.2) is 0 Å². The molecule has 2 aliphatic rings. The molecule has 2 N–H and O–H groups in total. The van der Waals surface area contributed by atoms with Crippen molar-refractivity contribution in [3.05, 3.63) is 0 Å². The summed E-state index contributed by atoms with van der Waals surface area (Å²) < 4.78 is 0. The Bertz CT molecular complexity index is 355. The predicted molar refractivity (Wildman–Crippen MR) is 71.9 cm³/mol. The second kappa shape index (κ2) is 5.80. The van der Waals surface area contributed by atoms with Gasteiger partial charge in [-0.1, -0.05) is 12.8 Å². The van der Waals surface area contributed by atoms with E-state index in [1.165, 1.54) is 12.8 Å². The summed E-state index contributed by atoms with van der Waals surface area (Å²) in [7, 11) is 1.80. The third-order valence-corrected chi connectivity index (χ3v) is 4.63. The van der Waals surface area contributed by atoms with Crippen LogP contribution in [0.4, 0.5) is 4.79 Å². The molecule has 2 saturated carbocycles. The molecule has 3 unspecified atom stereocenters. The minimum absolute atomic E-state index is 0.127. The first kappa shape index (κ1) is 14.2. The van der Waals surface area contributed by atoms with Gasteiger partial charge in [-0.25, -0.2) is 4.79 Å². The molecule has 0 aromatic heterocycles. The molecule has 0 bridgehead atoms. The Morgan fingerprint density at radius 1 is 1.21 bits per heavy atom. The largest absolute Gasteiger partial charge is 0.481 e. The highest BCUT2D eigenvalue weighted by Gasteiger charge is 2.35. The quantitative estimate of drug-likeness (QED) is 0.820. The number of hydrogen-bond donors (Lipinski definition) is 2. The fourth-order valence-electron chi connectivity index (χ4n) is 2.94. The molecule has 2 rings (SSSR count). The van der Waals surface area contributed by atoms with Gasteiger partial charge in [-0.15, -0.1) is 0 Å². The lowest BCUT2D eigenvalue weighted by atomic mass is 9.84. The van der Waals surface area contributed by atoms with Gasteiger partial charge in [0.2, 0.25) is 0 Å². The average molecular weight is 268 g/mol. The van der Waals surface area contributed by atoms with Gasteiger partial charge in [-0.3, -0.25) is 4.79 Å². The zero-order valence-electron chi connectivity index (χ0n) is 11.8. The van der Waals surface area contributed by atoms with Crippen LogP contribution >= 0.6 is 0 Å². The van der Waals surface area contributed by atoms with Crippen molar-refractivity contribution in [1.82, 2.24) is 10.2 Å². The number of hydrogen-bond acceptors (Lipinski definition) is 2. The number of carbonyl (C=O) groups is 2. The van der Waals surface area contributed by atoms with Crippen molar-refractivity contribution in [3.63, 3.8) is 0 Å². The first-order valence-corrected chi connectivity index (χ1v) is 7.27. The number of urea groups is 1. The van der Waals surface area contributed by atoms with E-state index >= 15 is 0 Å². The van der Waals surface area contributed by atoms with E-state index in [1.807, 2.05) is 0 Å². The standard InChI is InChI=1S/C14H24N2O3/c1-9(10-7-8-10)16(2)14(19)15-12-6-4-3-5-11(12)13(17)18/h9-12H,3-8H2,1-2H3,(H,15,19)(H,17,18). The van der Waals surface area contributed by atoms with Crippen LogP contribution in [0, 0.1) is 11.8 Å². The van der Waals surface area contributed by atoms with Crippen LogP contribution in [0.1, 0.15) is 45.4 Å². The Hall–Kier alpha value is -1.26. The van der Waals surface area contributed by atoms with Gasteiger partial charge in [-0.05, 0) is 38.5 Å². The van der Waals surface area contributed by atoms with Crippen molar-refractivity contribution in [3.8, 4) is 0 Å². The molecular formula is C14H24N2O3. The molecule has 0 spiro atoms. The Balaban J connectivity index is 1.90. The van der Waals surface area contributed by atoms with Crippen molar-refractivity contribution in [1.29, 1.82) is 0 Å². The number of nitrogens with zero attached hydrogens (tertiary/aromatic N) is 1. The van der Waals surface area contributed by atoms with Crippen molar-refractivity contribution < 1.29 is 14.7 Å². The number of nitrogens with one attached hydrogen (secondary N) is 1. The molecule has 0 radical (unpaired) electrons. The van der Waals surface area contributed by atoms with Crippen molar-refractivity contribution in [2.75, 3.05) is 7.05 Å². The van der Waals surface area contributed by atoms with Gasteiger partial charge in [0.1, 0.15) is 0 Å². The van der Waals surface area contributed by atoms with Crippen molar-refractivity contribution in [2.45, 2.75) is 57.5 Å². The van der Waals surface area contributed by atoms with Crippen LogP contribution in [-0.2, 0) is 4.79 Å². The minimum atomic E-state index is -0.789. The second-order valence-corrected chi connectivity index (χ2v) is 5.97. The van der Waals surface area contributed by atoms with Crippen molar-refractivity contribution >= 4 is 12.0 Å². The molecule has 0 aromatic rings. The SMILES string of the molecule is CC(C1CC1)N(C)C(=O)NC1CCCCC1C(=O)O. The molecule has 2 fully saturated rings. The summed E-state index contributed by atoms with van der Waals surface area (Å²) >= 11 is 0. The first-order chi connectivity index (χ1) is 9.00. The fourth-order valence-corrected chi connectivity index (χ4v) is 2.94. The Kier molecular flexibility index (Phi) is 4.32. The number of amides is 2. The maximum atomic E-state index is 12.2. The maximum Gasteiger partial charge on any atom is 0.317 e. The van der Waals surface area contributed by atoms with Crippen LogP contribution in [0.25, 0.3) is 0 Å². The summed E-state index contributed by atoms with van der Waals surface area (Å²) in [6, 6.07) is -0.1000. The van der Waals surface area contributed by atoms with E-state index in [0.717, 1.165) is 19.3 Å². The average Bonchev–Trinajstić information content (AvgIpc) is 3.21. The van der Waals surface area contributed by atoms with Gasteiger partial charge in [0.15, 0.2) is 0 Å². The van der Waals surface area contributed by atoms with E-state index in [-0.39, 0.29) is 18.1 Å². The van der Waals surface area contributed by atoms with Gasteiger partial charge in [0.05, 0.1) is 5.92 Å². The molecule has 5 heteroatoms. The summed E-state index contributed by atoms with van der Waals surface area (Å²) in [5, 5.41) is 12.1. The Labute approximate surface area is 114 Å². The molecule has 0 aliphatic heterocycles. The van der Waals surface area contributed by atoms with Crippen LogP contribution in [-0.4, -0.2) is 41.1 Å². The number of carbonyl (C=O) groups excluding carboxylic acids is 1. The summed E-state index contributed by atoms with van der Waals surface area (Å²) in [6.45, 7) is 2.06. The highest BCUT2D eigenvalue weighted by molar-refractivity contribution is 5.77. The number of rotatable bonds is 4. The number of carboxylic acid groups (broad SMARTS) is 1. The molecule has 0 aromatic carbocycles. The molecule has 19 heavy (non-hydrogen) atoms. The van der Waals surface area contributed by atoms with Gasteiger partial charge >= 0.3 is 12.0 Å². The summed E-state index contributed by atoms with van der Waals surface area (Å²) in [5.74, 6) is -0.595.